The van der Waals surface area contributed by atoms with E-state index < -0.39 is 0 Å². The molecule has 1 aliphatic rings. The average molecular weight is 363 g/mol. The number of hydrogen-bond acceptors (Lipinski definition) is 5. The monoisotopic (exact) mass is 362 g/mol. The van der Waals surface area contributed by atoms with Crippen LogP contribution in [0.15, 0.2) is 48.7 Å². The molecule has 0 amide bonds. The van der Waals surface area contributed by atoms with Gasteiger partial charge in [-0.1, -0.05) is 30.3 Å². The van der Waals surface area contributed by atoms with Gasteiger partial charge in [-0.2, -0.15) is 11.8 Å². The zero-order chi connectivity index (χ0) is 18.1. The fourth-order valence-corrected chi connectivity index (χ4v) is 4.06. The lowest BCUT2D eigenvalue weighted by atomic mass is 10.1. The van der Waals surface area contributed by atoms with Gasteiger partial charge in [-0.15, -0.1) is 0 Å². The van der Waals surface area contributed by atoms with Crippen molar-refractivity contribution in [3.63, 3.8) is 0 Å². The van der Waals surface area contributed by atoms with Crippen molar-refractivity contribution in [2.24, 2.45) is 0 Å². The van der Waals surface area contributed by atoms with Crippen LogP contribution in [-0.4, -0.2) is 9.97 Å². The van der Waals surface area contributed by atoms with Crippen molar-refractivity contribution in [2.45, 2.75) is 32.3 Å². The fourth-order valence-electron chi connectivity index (χ4n) is 3.06. The lowest BCUT2D eigenvalue weighted by Crippen LogP contribution is -2.28. The van der Waals surface area contributed by atoms with Crippen molar-refractivity contribution < 1.29 is 0 Å². The highest BCUT2D eigenvalue weighted by molar-refractivity contribution is 7.98. The molecule has 0 fully saturated rings. The quantitative estimate of drug-likeness (QED) is 0.637. The summed E-state index contributed by atoms with van der Waals surface area (Å²) in [6.07, 6.45) is 1.97. The van der Waals surface area contributed by atoms with Crippen LogP contribution < -0.4 is 10.4 Å². The molecule has 0 saturated heterocycles. The minimum absolute atomic E-state index is 0.684. The molecule has 5 heteroatoms. The van der Waals surface area contributed by atoms with Gasteiger partial charge in [0.05, 0.1) is 17.1 Å². The van der Waals surface area contributed by atoms with Crippen LogP contribution in [0.3, 0.4) is 0 Å². The summed E-state index contributed by atoms with van der Waals surface area (Å²) in [5, 5.41) is 2.01. The number of aryl methyl sites for hydroxylation is 2. The standard InChI is InChI=1S/C21H22N4S/c1-14-8-6-10-20(16(14)3)25(24-18-9-5-4-7-15(18)2)21-22-11-17-12-26-13-19(17)23-21/h4-11,24H,12-13H2,1-3H3. The molecule has 0 radical (unpaired) electrons. The number of thioether (sulfide) groups is 1. The van der Waals surface area contributed by atoms with Gasteiger partial charge in [0.1, 0.15) is 0 Å². The Morgan fingerprint density at radius 1 is 0.962 bits per heavy atom. The molecule has 4 rings (SSSR count). The van der Waals surface area contributed by atoms with Crippen molar-refractivity contribution in [3.8, 4) is 0 Å². The first-order valence-electron chi connectivity index (χ1n) is 8.74. The summed E-state index contributed by atoms with van der Waals surface area (Å²) in [6, 6.07) is 14.6. The lowest BCUT2D eigenvalue weighted by molar-refractivity contribution is 0.977. The van der Waals surface area contributed by atoms with Crippen LogP contribution in [0.4, 0.5) is 17.3 Å². The van der Waals surface area contributed by atoms with Crippen molar-refractivity contribution >= 4 is 29.1 Å². The maximum atomic E-state index is 4.86. The van der Waals surface area contributed by atoms with E-state index in [-0.39, 0.29) is 0 Å². The van der Waals surface area contributed by atoms with Crippen LogP contribution in [-0.2, 0) is 11.5 Å². The van der Waals surface area contributed by atoms with Crippen molar-refractivity contribution in [2.75, 3.05) is 10.4 Å². The molecule has 0 spiro atoms. The van der Waals surface area contributed by atoms with Gasteiger partial charge in [-0.25, -0.2) is 15.0 Å². The number of nitrogens with zero attached hydrogens (tertiary/aromatic N) is 3. The average Bonchev–Trinajstić information content (AvgIpc) is 3.11. The van der Waals surface area contributed by atoms with Crippen LogP contribution in [0.2, 0.25) is 0 Å². The summed E-state index contributed by atoms with van der Waals surface area (Å²) in [7, 11) is 0. The minimum Gasteiger partial charge on any atom is -0.291 e. The maximum absolute atomic E-state index is 4.86. The minimum atomic E-state index is 0.684. The first kappa shape index (κ1) is 16.9. The Labute approximate surface area is 158 Å². The number of fused-ring (bicyclic) bond motifs is 1. The normalized spacial score (nSPS) is 12.7. The molecule has 26 heavy (non-hydrogen) atoms. The highest BCUT2D eigenvalue weighted by Crippen LogP contribution is 2.33. The second-order valence-corrected chi connectivity index (χ2v) is 7.60. The molecule has 0 atom stereocenters. The number of benzene rings is 2. The van der Waals surface area contributed by atoms with E-state index in [0.29, 0.717) is 5.95 Å². The van der Waals surface area contributed by atoms with Crippen molar-refractivity contribution in [3.05, 3.63) is 76.6 Å². The van der Waals surface area contributed by atoms with Gasteiger partial charge in [-0.05, 0) is 49.6 Å². The molecule has 1 aliphatic heterocycles. The second kappa shape index (κ2) is 7.00. The van der Waals surface area contributed by atoms with Crippen molar-refractivity contribution in [1.29, 1.82) is 0 Å². The molecule has 0 saturated carbocycles. The van der Waals surface area contributed by atoms with E-state index in [1.54, 1.807) is 0 Å². The third kappa shape index (κ3) is 3.15. The zero-order valence-corrected chi connectivity index (χ0v) is 16.1. The number of nitrogens with one attached hydrogen (secondary N) is 1. The van der Waals surface area contributed by atoms with E-state index in [9.17, 15) is 0 Å². The number of hydrogen-bond donors (Lipinski definition) is 1. The second-order valence-electron chi connectivity index (χ2n) is 6.62. The molecule has 2 heterocycles. The summed E-state index contributed by atoms with van der Waals surface area (Å²) in [5.41, 5.74) is 11.7. The van der Waals surface area contributed by atoms with Gasteiger partial charge < -0.3 is 0 Å². The molecule has 1 N–H and O–H groups in total. The topological polar surface area (TPSA) is 41.0 Å². The van der Waals surface area contributed by atoms with E-state index in [1.165, 1.54) is 22.3 Å². The molecule has 0 aliphatic carbocycles. The number of para-hydroxylation sites is 1. The predicted octanol–water partition coefficient (Wildman–Crippen LogP) is 5.31. The van der Waals surface area contributed by atoms with E-state index in [1.807, 2.05) is 35.1 Å². The van der Waals surface area contributed by atoms with Crippen LogP contribution in [0.25, 0.3) is 0 Å². The molecular weight excluding hydrogens is 340 g/mol. The van der Waals surface area contributed by atoms with E-state index in [2.05, 4.69) is 61.5 Å². The summed E-state index contributed by atoms with van der Waals surface area (Å²) in [4.78, 5) is 9.52. The van der Waals surface area contributed by atoms with Crippen molar-refractivity contribution in [1.82, 2.24) is 9.97 Å². The molecule has 3 aromatic rings. The van der Waals surface area contributed by atoms with Crippen LogP contribution in [0.5, 0.6) is 0 Å². The number of hydrazine groups is 1. The Kier molecular flexibility index (Phi) is 4.55. The fraction of sp³-hybridized carbons (Fsp3) is 0.238. The number of aromatic nitrogens is 2. The highest BCUT2D eigenvalue weighted by atomic mass is 32.2. The first-order valence-corrected chi connectivity index (χ1v) is 9.90. The predicted molar refractivity (Wildman–Crippen MR) is 110 cm³/mol. The summed E-state index contributed by atoms with van der Waals surface area (Å²) < 4.78 is 0. The Morgan fingerprint density at radius 3 is 2.62 bits per heavy atom. The van der Waals surface area contributed by atoms with Gasteiger partial charge >= 0.3 is 0 Å². The maximum Gasteiger partial charge on any atom is 0.249 e. The van der Waals surface area contributed by atoms with E-state index >= 15 is 0 Å². The van der Waals surface area contributed by atoms with E-state index in [0.717, 1.165) is 28.6 Å². The van der Waals surface area contributed by atoms with Gasteiger partial charge in [0.25, 0.3) is 0 Å². The summed E-state index contributed by atoms with van der Waals surface area (Å²) in [6.45, 7) is 6.37. The first-order chi connectivity index (χ1) is 12.6. The lowest BCUT2D eigenvalue weighted by Gasteiger charge is -2.27. The summed E-state index contributed by atoms with van der Waals surface area (Å²) >= 11 is 1.89. The largest absolute Gasteiger partial charge is 0.291 e. The van der Waals surface area contributed by atoms with Crippen LogP contribution in [0, 0.1) is 20.8 Å². The molecule has 0 bridgehead atoms. The molecule has 2 aromatic carbocycles. The molecule has 1 aromatic heterocycles. The Balaban J connectivity index is 1.81. The third-order valence-electron chi connectivity index (χ3n) is 4.83. The molecule has 0 unspecified atom stereocenters. The van der Waals surface area contributed by atoms with Gasteiger partial charge in [0.2, 0.25) is 5.95 Å². The Bertz CT molecular complexity index is 954. The van der Waals surface area contributed by atoms with E-state index in [4.69, 9.17) is 4.98 Å². The molecular formula is C21H22N4S. The molecule has 4 nitrogen and oxygen atoms in total. The smallest absolute Gasteiger partial charge is 0.249 e. The highest BCUT2D eigenvalue weighted by Gasteiger charge is 2.20. The Morgan fingerprint density at radius 2 is 1.77 bits per heavy atom. The SMILES string of the molecule is Cc1ccccc1NN(c1ncc2c(n1)CSC2)c1cccc(C)c1C. The Hall–Kier alpha value is -2.53. The third-order valence-corrected chi connectivity index (χ3v) is 5.82. The van der Waals surface area contributed by atoms with Gasteiger partial charge in [0.15, 0.2) is 0 Å². The van der Waals surface area contributed by atoms with Crippen LogP contribution in [0.1, 0.15) is 27.9 Å². The number of rotatable bonds is 4. The zero-order valence-electron chi connectivity index (χ0n) is 15.3. The summed E-state index contributed by atoms with van der Waals surface area (Å²) in [5.74, 6) is 2.64. The number of anilines is 3. The van der Waals surface area contributed by atoms with Gasteiger partial charge in [-0.3, -0.25) is 5.43 Å². The van der Waals surface area contributed by atoms with Crippen LogP contribution >= 0.6 is 11.8 Å². The van der Waals surface area contributed by atoms with Gasteiger partial charge in [0, 0.05) is 23.3 Å². The molecule has 132 valence electrons.